The van der Waals surface area contributed by atoms with Gasteiger partial charge in [-0.05, 0) is 29.9 Å². The second-order valence-electron chi connectivity index (χ2n) is 4.26. The molecular formula is C12H13NO. The number of hydrogen-bond acceptors (Lipinski definition) is 1. The Morgan fingerprint density at radius 3 is 2.93 bits per heavy atom. The first-order valence-electron chi connectivity index (χ1n) is 5.04. The highest BCUT2D eigenvalue weighted by molar-refractivity contribution is 5.82. The molecule has 0 radical (unpaired) electrons. The van der Waals surface area contributed by atoms with Gasteiger partial charge in [0.15, 0.2) is 0 Å². The minimum absolute atomic E-state index is 0.403. The maximum absolute atomic E-state index is 9.87. The molecule has 1 aromatic carbocycles. The van der Waals surface area contributed by atoms with Crippen molar-refractivity contribution < 1.29 is 5.11 Å². The van der Waals surface area contributed by atoms with Crippen molar-refractivity contribution in [2.75, 3.05) is 0 Å². The zero-order chi connectivity index (χ0) is 9.60. The topological polar surface area (TPSA) is 36.0 Å². The largest absolute Gasteiger partial charge is 0.390 e. The Hall–Kier alpha value is -1.28. The Morgan fingerprint density at radius 1 is 1.29 bits per heavy atom. The minimum atomic E-state index is -0.403. The van der Waals surface area contributed by atoms with Crippen LogP contribution in [0.5, 0.6) is 0 Å². The van der Waals surface area contributed by atoms with E-state index < -0.39 is 5.60 Å². The summed E-state index contributed by atoms with van der Waals surface area (Å²) < 4.78 is 0. The lowest BCUT2D eigenvalue weighted by molar-refractivity contribution is 0.151. The lowest BCUT2D eigenvalue weighted by Crippen LogP contribution is -2.10. The SMILES string of the molecule is OC1(Cc2cccc3cc[nH]c23)CC1. The van der Waals surface area contributed by atoms with Crippen LogP contribution in [0.3, 0.4) is 0 Å². The van der Waals surface area contributed by atoms with E-state index in [1.54, 1.807) is 0 Å². The van der Waals surface area contributed by atoms with Gasteiger partial charge in [0.05, 0.1) is 5.60 Å². The van der Waals surface area contributed by atoms with Gasteiger partial charge in [-0.2, -0.15) is 0 Å². The van der Waals surface area contributed by atoms with E-state index in [-0.39, 0.29) is 0 Å². The monoisotopic (exact) mass is 187 g/mol. The van der Waals surface area contributed by atoms with Crippen LogP contribution in [0.4, 0.5) is 0 Å². The third-order valence-corrected chi connectivity index (χ3v) is 3.02. The molecule has 1 aliphatic rings. The number of rotatable bonds is 2. The molecule has 0 spiro atoms. The fourth-order valence-corrected chi connectivity index (χ4v) is 1.97. The molecule has 0 aliphatic heterocycles. The summed E-state index contributed by atoms with van der Waals surface area (Å²) in [6.07, 6.45) is 4.63. The van der Waals surface area contributed by atoms with Gasteiger partial charge in [0, 0.05) is 18.1 Å². The number of H-pyrrole nitrogens is 1. The summed E-state index contributed by atoms with van der Waals surface area (Å²) >= 11 is 0. The van der Waals surface area contributed by atoms with Gasteiger partial charge in [0.2, 0.25) is 0 Å². The number of fused-ring (bicyclic) bond motifs is 1. The van der Waals surface area contributed by atoms with E-state index in [1.165, 1.54) is 16.5 Å². The van der Waals surface area contributed by atoms with Crippen molar-refractivity contribution in [3.8, 4) is 0 Å². The molecule has 72 valence electrons. The quantitative estimate of drug-likeness (QED) is 0.743. The molecule has 1 aromatic heterocycles. The van der Waals surface area contributed by atoms with Crippen molar-refractivity contribution in [1.29, 1.82) is 0 Å². The predicted molar refractivity (Wildman–Crippen MR) is 56.2 cm³/mol. The fraction of sp³-hybridized carbons (Fsp3) is 0.333. The van der Waals surface area contributed by atoms with Crippen LogP contribution < -0.4 is 0 Å². The van der Waals surface area contributed by atoms with Gasteiger partial charge in [-0.25, -0.2) is 0 Å². The van der Waals surface area contributed by atoms with Gasteiger partial charge < -0.3 is 10.1 Å². The Labute approximate surface area is 82.6 Å². The molecule has 0 amide bonds. The van der Waals surface area contributed by atoms with E-state index >= 15 is 0 Å². The van der Waals surface area contributed by atoms with Crippen LogP contribution in [0, 0.1) is 0 Å². The molecule has 1 saturated carbocycles. The van der Waals surface area contributed by atoms with Gasteiger partial charge in [-0.15, -0.1) is 0 Å². The first kappa shape index (κ1) is 8.06. The van der Waals surface area contributed by atoms with Crippen LogP contribution >= 0.6 is 0 Å². The Morgan fingerprint density at radius 2 is 2.14 bits per heavy atom. The van der Waals surface area contributed by atoms with Gasteiger partial charge in [-0.3, -0.25) is 0 Å². The summed E-state index contributed by atoms with van der Waals surface area (Å²) in [5.41, 5.74) is 2.00. The van der Waals surface area contributed by atoms with E-state index in [0.717, 1.165) is 19.3 Å². The molecule has 2 nitrogen and oxygen atoms in total. The molecule has 2 heteroatoms. The first-order valence-corrected chi connectivity index (χ1v) is 5.04. The molecule has 3 rings (SSSR count). The number of benzene rings is 1. The van der Waals surface area contributed by atoms with E-state index in [1.807, 2.05) is 6.20 Å². The van der Waals surface area contributed by atoms with Gasteiger partial charge >= 0.3 is 0 Å². The molecule has 0 bridgehead atoms. The van der Waals surface area contributed by atoms with E-state index in [2.05, 4.69) is 29.2 Å². The van der Waals surface area contributed by atoms with Crippen molar-refractivity contribution in [2.24, 2.45) is 0 Å². The molecule has 1 aliphatic carbocycles. The lowest BCUT2D eigenvalue weighted by Gasteiger charge is -2.08. The standard InChI is InChI=1S/C12H13NO/c14-12(5-6-12)8-10-3-1-2-9-4-7-13-11(9)10/h1-4,7,13-14H,5-6,8H2. The van der Waals surface area contributed by atoms with Crippen molar-refractivity contribution in [3.05, 3.63) is 36.0 Å². The van der Waals surface area contributed by atoms with Gasteiger partial charge in [0.1, 0.15) is 0 Å². The number of para-hydroxylation sites is 1. The predicted octanol–water partition coefficient (Wildman–Crippen LogP) is 2.24. The Bertz CT molecular complexity index is 468. The van der Waals surface area contributed by atoms with Crippen molar-refractivity contribution in [1.82, 2.24) is 4.98 Å². The highest BCUT2D eigenvalue weighted by Crippen LogP contribution is 2.39. The number of aliphatic hydroxyl groups is 1. The van der Waals surface area contributed by atoms with E-state index in [9.17, 15) is 5.11 Å². The van der Waals surface area contributed by atoms with E-state index in [4.69, 9.17) is 0 Å². The molecule has 14 heavy (non-hydrogen) atoms. The van der Waals surface area contributed by atoms with Crippen LogP contribution in [0.15, 0.2) is 30.5 Å². The summed E-state index contributed by atoms with van der Waals surface area (Å²) in [5, 5.41) is 11.1. The van der Waals surface area contributed by atoms with Crippen molar-refractivity contribution >= 4 is 10.9 Å². The third-order valence-electron chi connectivity index (χ3n) is 3.02. The van der Waals surface area contributed by atoms with Crippen molar-refractivity contribution in [2.45, 2.75) is 24.9 Å². The Kier molecular flexibility index (Phi) is 1.50. The number of hydrogen-bond donors (Lipinski definition) is 2. The molecule has 0 saturated heterocycles. The molecule has 1 fully saturated rings. The molecule has 2 N–H and O–H groups in total. The van der Waals surface area contributed by atoms with Crippen LogP contribution in [0.25, 0.3) is 10.9 Å². The highest BCUT2D eigenvalue weighted by Gasteiger charge is 2.40. The number of nitrogens with one attached hydrogen (secondary N) is 1. The molecule has 0 atom stereocenters. The second kappa shape index (κ2) is 2.61. The first-order chi connectivity index (χ1) is 6.77. The zero-order valence-electron chi connectivity index (χ0n) is 7.96. The molecule has 1 heterocycles. The average molecular weight is 187 g/mol. The third kappa shape index (κ3) is 1.23. The average Bonchev–Trinajstić information content (AvgIpc) is 2.73. The van der Waals surface area contributed by atoms with E-state index in [0.29, 0.717) is 0 Å². The lowest BCUT2D eigenvalue weighted by atomic mass is 10.0. The van der Waals surface area contributed by atoms with Crippen LogP contribution in [0.1, 0.15) is 18.4 Å². The van der Waals surface area contributed by atoms with Gasteiger partial charge in [-0.1, -0.05) is 18.2 Å². The molecule has 2 aromatic rings. The summed E-state index contributed by atoms with van der Waals surface area (Å²) in [6.45, 7) is 0. The number of aromatic amines is 1. The molecular weight excluding hydrogens is 174 g/mol. The molecule has 0 unspecified atom stereocenters. The van der Waals surface area contributed by atoms with Crippen molar-refractivity contribution in [3.63, 3.8) is 0 Å². The summed E-state index contributed by atoms with van der Waals surface area (Å²) in [5.74, 6) is 0. The van der Waals surface area contributed by atoms with Crippen LogP contribution in [-0.4, -0.2) is 15.7 Å². The maximum atomic E-state index is 9.87. The summed E-state index contributed by atoms with van der Waals surface area (Å²) in [4.78, 5) is 3.23. The van der Waals surface area contributed by atoms with Crippen LogP contribution in [0.2, 0.25) is 0 Å². The fourth-order valence-electron chi connectivity index (χ4n) is 1.97. The smallest absolute Gasteiger partial charge is 0.0690 e. The van der Waals surface area contributed by atoms with Gasteiger partial charge in [0.25, 0.3) is 0 Å². The highest BCUT2D eigenvalue weighted by atomic mass is 16.3. The summed E-state index contributed by atoms with van der Waals surface area (Å²) in [6, 6.07) is 8.30. The number of aromatic nitrogens is 1. The minimum Gasteiger partial charge on any atom is -0.390 e. The Balaban J connectivity index is 2.06. The maximum Gasteiger partial charge on any atom is 0.0690 e. The second-order valence-corrected chi connectivity index (χ2v) is 4.26. The summed E-state index contributed by atoms with van der Waals surface area (Å²) in [7, 11) is 0. The zero-order valence-corrected chi connectivity index (χ0v) is 7.96. The van der Waals surface area contributed by atoms with Crippen LogP contribution in [-0.2, 0) is 6.42 Å². The normalized spacial score (nSPS) is 18.6.